The number of fused-ring (bicyclic) bond motifs is 1. The van der Waals surface area contributed by atoms with Crippen LogP contribution in [0.1, 0.15) is 20.7 Å². The van der Waals surface area contributed by atoms with Crippen molar-refractivity contribution in [1.29, 1.82) is 0 Å². The molecule has 0 atom stereocenters. The number of carbonyl (C=O) groups is 2. The van der Waals surface area contributed by atoms with Gasteiger partial charge in [-0.05, 0) is 12.1 Å². The number of benzene rings is 1. The van der Waals surface area contributed by atoms with Crippen LogP contribution < -0.4 is 5.43 Å². The van der Waals surface area contributed by atoms with E-state index >= 15 is 0 Å². The standard InChI is InChI=1S/C12H9NO5/c1-13-5-8(12(17)18)10(14)6-3-2-4-7(9(6)13)11(15)16/h2-5H,1H3,(H,15,16)(H,17,18). The summed E-state index contributed by atoms with van der Waals surface area (Å²) in [4.78, 5) is 33.9. The third kappa shape index (κ3) is 1.64. The Labute approximate surface area is 101 Å². The molecule has 0 amide bonds. The molecule has 0 bridgehead atoms. The first-order chi connectivity index (χ1) is 8.43. The first-order valence-corrected chi connectivity index (χ1v) is 5.02. The molecule has 0 unspecified atom stereocenters. The Morgan fingerprint density at radius 3 is 2.28 bits per heavy atom. The van der Waals surface area contributed by atoms with Crippen molar-refractivity contribution in [2.75, 3.05) is 0 Å². The molecule has 6 heteroatoms. The Morgan fingerprint density at radius 1 is 1.11 bits per heavy atom. The van der Waals surface area contributed by atoms with Crippen LogP contribution in [0.5, 0.6) is 0 Å². The zero-order valence-corrected chi connectivity index (χ0v) is 9.38. The van der Waals surface area contributed by atoms with E-state index in [0.29, 0.717) is 0 Å². The summed E-state index contributed by atoms with van der Waals surface area (Å²) in [6.45, 7) is 0. The molecule has 0 saturated carbocycles. The van der Waals surface area contributed by atoms with Crippen LogP contribution in [0.2, 0.25) is 0 Å². The highest BCUT2D eigenvalue weighted by Crippen LogP contribution is 2.16. The highest BCUT2D eigenvalue weighted by molar-refractivity contribution is 6.03. The van der Waals surface area contributed by atoms with Gasteiger partial charge in [-0.3, -0.25) is 4.79 Å². The first-order valence-electron chi connectivity index (χ1n) is 5.02. The topological polar surface area (TPSA) is 96.6 Å². The lowest BCUT2D eigenvalue weighted by atomic mass is 10.1. The summed E-state index contributed by atoms with van der Waals surface area (Å²) in [6, 6.07) is 4.19. The molecule has 0 aliphatic rings. The highest BCUT2D eigenvalue weighted by atomic mass is 16.4. The number of hydrogen-bond acceptors (Lipinski definition) is 3. The predicted molar refractivity (Wildman–Crippen MR) is 63.1 cm³/mol. The number of aromatic nitrogens is 1. The molecule has 1 heterocycles. The van der Waals surface area contributed by atoms with Crippen LogP contribution in [0, 0.1) is 0 Å². The number of carboxylic acid groups (broad SMARTS) is 2. The Bertz CT molecular complexity index is 729. The molecule has 18 heavy (non-hydrogen) atoms. The highest BCUT2D eigenvalue weighted by Gasteiger charge is 2.17. The summed E-state index contributed by atoms with van der Waals surface area (Å²) >= 11 is 0. The lowest BCUT2D eigenvalue weighted by molar-refractivity contribution is 0.0687. The molecule has 92 valence electrons. The molecule has 0 saturated heterocycles. The van der Waals surface area contributed by atoms with Gasteiger partial charge >= 0.3 is 11.9 Å². The molecule has 0 aliphatic carbocycles. The second-order valence-electron chi connectivity index (χ2n) is 3.79. The molecule has 0 radical (unpaired) electrons. The molecular weight excluding hydrogens is 238 g/mol. The van der Waals surface area contributed by atoms with Gasteiger partial charge in [-0.2, -0.15) is 0 Å². The minimum Gasteiger partial charge on any atom is -0.478 e. The SMILES string of the molecule is Cn1cc(C(=O)O)c(=O)c2cccc(C(=O)O)c21. The fourth-order valence-corrected chi connectivity index (χ4v) is 1.89. The van der Waals surface area contributed by atoms with Crippen LogP contribution in [-0.4, -0.2) is 26.7 Å². The smallest absolute Gasteiger partial charge is 0.341 e. The molecular formula is C12H9NO5. The molecule has 0 aliphatic heterocycles. The van der Waals surface area contributed by atoms with E-state index in [0.717, 1.165) is 6.20 Å². The van der Waals surface area contributed by atoms with E-state index in [4.69, 9.17) is 10.2 Å². The van der Waals surface area contributed by atoms with Gasteiger partial charge in [0.1, 0.15) is 5.56 Å². The minimum absolute atomic E-state index is 0.0379. The largest absolute Gasteiger partial charge is 0.478 e. The second kappa shape index (κ2) is 3.99. The van der Waals surface area contributed by atoms with Crippen LogP contribution in [0.4, 0.5) is 0 Å². The Morgan fingerprint density at radius 2 is 1.72 bits per heavy atom. The van der Waals surface area contributed by atoms with E-state index in [1.165, 1.54) is 29.8 Å². The lowest BCUT2D eigenvalue weighted by Gasteiger charge is -2.09. The van der Waals surface area contributed by atoms with Crippen LogP contribution in [0.25, 0.3) is 10.9 Å². The van der Waals surface area contributed by atoms with Gasteiger partial charge in [-0.15, -0.1) is 0 Å². The molecule has 2 rings (SSSR count). The summed E-state index contributed by atoms with van der Waals surface area (Å²) in [5.74, 6) is -2.50. The zero-order valence-electron chi connectivity index (χ0n) is 9.38. The van der Waals surface area contributed by atoms with Crippen molar-refractivity contribution in [3.63, 3.8) is 0 Å². The normalized spacial score (nSPS) is 10.5. The molecule has 2 N–H and O–H groups in total. The van der Waals surface area contributed by atoms with E-state index in [-0.39, 0.29) is 22.0 Å². The molecule has 1 aromatic carbocycles. The van der Waals surface area contributed by atoms with Crippen molar-refractivity contribution >= 4 is 22.8 Å². The van der Waals surface area contributed by atoms with Gasteiger partial charge < -0.3 is 14.8 Å². The van der Waals surface area contributed by atoms with E-state index < -0.39 is 17.4 Å². The van der Waals surface area contributed by atoms with Crippen LogP contribution >= 0.6 is 0 Å². The Kier molecular flexibility index (Phi) is 2.63. The van der Waals surface area contributed by atoms with E-state index in [2.05, 4.69) is 0 Å². The molecule has 0 fully saturated rings. The first kappa shape index (κ1) is 11.8. The second-order valence-corrected chi connectivity index (χ2v) is 3.79. The maximum atomic E-state index is 11.9. The van der Waals surface area contributed by atoms with Gasteiger partial charge in [0.15, 0.2) is 0 Å². The molecule has 2 aromatic rings. The molecule has 0 spiro atoms. The lowest BCUT2D eigenvalue weighted by Crippen LogP contribution is -2.19. The quantitative estimate of drug-likeness (QED) is 0.823. The number of aryl methyl sites for hydroxylation is 1. The number of pyridine rings is 1. The van der Waals surface area contributed by atoms with Crippen LogP contribution in [-0.2, 0) is 7.05 Å². The van der Waals surface area contributed by atoms with Gasteiger partial charge in [0, 0.05) is 18.6 Å². The van der Waals surface area contributed by atoms with Gasteiger partial charge in [-0.25, -0.2) is 9.59 Å². The fourth-order valence-electron chi connectivity index (χ4n) is 1.89. The zero-order chi connectivity index (χ0) is 13.4. The number of para-hydroxylation sites is 1. The summed E-state index contributed by atoms with van der Waals surface area (Å²) < 4.78 is 1.34. The maximum Gasteiger partial charge on any atom is 0.341 e. The number of aromatic carboxylic acids is 2. The number of rotatable bonds is 2. The van der Waals surface area contributed by atoms with Crippen molar-refractivity contribution in [1.82, 2.24) is 4.57 Å². The Balaban J connectivity index is 3.01. The summed E-state index contributed by atoms with van der Waals surface area (Å²) in [7, 11) is 1.50. The van der Waals surface area contributed by atoms with E-state index in [9.17, 15) is 14.4 Å². The van der Waals surface area contributed by atoms with Gasteiger partial charge in [0.05, 0.1) is 11.1 Å². The van der Waals surface area contributed by atoms with Crippen LogP contribution in [0.15, 0.2) is 29.2 Å². The van der Waals surface area contributed by atoms with Crippen molar-refractivity contribution in [3.05, 3.63) is 45.7 Å². The summed E-state index contributed by atoms with van der Waals surface area (Å²) in [5, 5.41) is 18.0. The average Bonchev–Trinajstić information content (AvgIpc) is 2.32. The monoisotopic (exact) mass is 247 g/mol. The average molecular weight is 247 g/mol. The third-order valence-electron chi connectivity index (χ3n) is 2.66. The maximum absolute atomic E-state index is 11.9. The van der Waals surface area contributed by atoms with Crippen LogP contribution in [0.3, 0.4) is 0 Å². The predicted octanol–water partition coefficient (Wildman–Crippen LogP) is 0.935. The number of hydrogen-bond donors (Lipinski definition) is 2. The fraction of sp³-hybridized carbons (Fsp3) is 0.0833. The van der Waals surface area contributed by atoms with E-state index in [1.54, 1.807) is 0 Å². The molecule has 1 aromatic heterocycles. The van der Waals surface area contributed by atoms with Crippen molar-refractivity contribution in [2.24, 2.45) is 7.05 Å². The van der Waals surface area contributed by atoms with Crippen molar-refractivity contribution in [2.45, 2.75) is 0 Å². The minimum atomic E-state index is -1.33. The summed E-state index contributed by atoms with van der Waals surface area (Å²) in [6.07, 6.45) is 1.12. The molecule has 6 nitrogen and oxygen atoms in total. The van der Waals surface area contributed by atoms with E-state index in [1.807, 2.05) is 0 Å². The Hall–Kier alpha value is -2.63. The van der Waals surface area contributed by atoms with Gasteiger partial charge in [-0.1, -0.05) is 6.07 Å². The van der Waals surface area contributed by atoms with Crippen molar-refractivity contribution < 1.29 is 19.8 Å². The van der Waals surface area contributed by atoms with Gasteiger partial charge in [0.2, 0.25) is 5.43 Å². The van der Waals surface area contributed by atoms with Gasteiger partial charge in [0.25, 0.3) is 0 Å². The number of nitrogens with zero attached hydrogens (tertiary/aromatic N) is 1. The number of carboxylic acids is 2. The summed E-state index contributed by atoms with van der Waals surface area (Å²) in [5.41, 5.74) is -0.893. The van der Waals surface area contributed by atoms with Crippen molar-refractivity contribution in [3.8, 4) is 0 Å². The third-order valence-corrected chi connectivity index (χ3v) is 2.66.